The molecule has 1 saturated heterocycles. The second kappa shape index (κ2) is 9.14. The Kier molecular flexibility index (Phi) is 6.56. The summed E-state index contributed by atoms with van der Waals surface area (Å²) >= 11 is 8.90. The molecule has 0 radical (unpaired) electrons. The Morgan fingerprint density at radius 2 is 1.83 bits per heavy atom. The first kappa shape index (κ1) is 20.8. The van der Waals surface area contributed by atoms with Crippen molar-refractivity contribution >= 4 is 46.1 Å². The number of hydrogen-bond donors (Lipinski definition) is 1. The molecule has 1 saturated carbocycles. The lowest BCUT2D eigenvalue weighted by atomic mass is 9.87. The highest BCUT2D eigenvalue weighted by molar-refractivity contribution is 7.24. The number of carbonyl (C=O) groups excluding carboxylic acids is 2. The Labute approximate surface area is 184 Å². The van der Waals surface area contributed by atoms with Gasteiger partial charge in [0.2, 0.25) is 5.91 Å². The SMILES string of the molecule is Cc1nc(-c2ccc(Cl)s2)sc1C(=O)NC1CCN(C(=O)C2CCCCC2)CC1. The van der Waals surface area contributed by atoms with Crippen molar-refractivity contribution in [3.63, 3.8) is 0 Å². The monoisotopic (exact) mass is 451 g/mol. The molecule has 2 aromatic rings. The summed E-state index contributed by atoms with van der Waals surface area (Å²) in [4.78, 5) is 33.7. The molecule has 1 aliphatic heterocycles. The minimum atomic E-state index is -0.0639. The van der Waals surface area contributed by atoms with Gasteiger partial charge in [-0.25, -0.2) is 4.98 Å². The highest BCUT2D eigenvalue weighted by Gasteiger charge is 2.30. The first-order chi connectivity index (χ1) is 14.0. The van der Waals surface area contributed by atoms with Crippen LogP contribution in [-0.2, 0) is 4.79 Å². The molecule has 0 aromatic carbocycles. The summed E-state index contributed by atoms with van der Waals surface area (Å²) in [5.41, 5.74) is 0.747. The van der Waals surface area contributed by atoms with E-state index in [4.69, 9.17) is 11.6 Å². The Balaban J connectivity index is 1.32. The quantitative estimate of drug-likeness (QED) is 0.700. The lowest BCUT2D eigenvalue weighted by molar-refractivity contribution is -0.137. The number of hydrogen-bond acceptors (Lipinski definition) is 5. The van der Waals surface area contributed by atoms with E-state index in [9.17, 15) is 9.59 Å². The summed E-state index contributed by atoms with van der Waals surface area (Å²) in [6.45, 7) is 3.34. The molecule has 0 spiro atoms. The minimum absolute atomic E-state index is 0.0639. The summed E-state index contributed by atoms with van der Waals surface area (Å²) in [6, 6.07) is 3.89. The fraction of sp³-hybridized carbons (Fsp3) is 0.571. The van der Waals surface area contributed by atoms with Crippen LogP contribution in [0, 0.1) is 12.8 Å². The Bertz CT molecular complexity index is 880. The van der Waals surface area contributed by atoms with Gasteiger partial charge < -0.3 is 10.2 Å². The lowest BCUT2D eigenvalue weighted by Gasteiger charge is -2.35. The van der Waals surface area contributed by atoms with Crippen LogP contribution in [-0.4, -0.2) is 40.8 Å². The zero-order valence-corrected chi connectivity index (χ0v) is 19.0. The normalized spacial score (nSPS) is 18.8. The van der Waals surface area contributed by atoms with E-state index < -0.39 is 0 Å². The van der Waals surface area contributed by atoms with Crippen LogP contribution in [0.15, 0.2) is 12.1 Å². The number of nitrogens with one attached hydrogen (secondary N) is 1. The lowest BCUT2D eigenvalue weighted by Crippen LogP contribution is -2.48. The van der Waals surface area contributed by atoms with Crippen LogP contribution in [0.5, 0.6) is 0 Å². The molecule has 29 heavy (non-hydrogen) atoms. The minimum Gasteiger partial charge on any atom is -0.348 e. The van der Waals surface area contributed by atoms with Gasteiger partial charge in [0, 0.05) is 25.0 Å². The molecule has 2 aliphatic rings. The van der Waals surface area contributed by atoms with Crippen LogP contribution < -0.4 is 5.32 Å². The predicted octanol–water partition coefficient (Wildman–Crippen LogP) is 5.13. The number of amides is 2. The zero-order chi connectivity index (χ0) is 20.4. The molecular formula is C21H26ClN3O2S2. The van der Waals surface area contributed by atoms with Crippen molar-refractivity contribution in [3.05, 3.63) is 27.0 Å². The maximum absolute atomic E-state index is 12.8. The van der Waals surface area contributed by atoms with Gasteiger partial charge in [-0.15, -0.1) is 22.7 Å². The summed E-state index contributed by atoms with van der Waals surface area (Å²) in [5, 5.41) is 3.99. The molecular weight excluding hydrogens is 426 g/mol. The second-order valence-corrected chi connectivity index (χ2v) is 10.7. The van der Waals surface area contributed by atoms with Crippen molar-refractivity contribution in [3.8, 4) is 9.88 Å². The molecule has 1 aliphatic carbocycles. The largest absolute Gasteiger partial charge is 0.348 e. The number of nitrogens with zero attached hydrogens (tertiary/aromatic N) is 2. The third-order valence-electron chi connectivity index (χ3n) is 5.88. The van der Waals surface area contributed by atoms with Gasteiger partial charge in [0.1, 0.15) is 9.88 Å². The second-order valence-electron chi connectivity index (χ2n) is 7.95. The third-order valence-corrected chi connectivity index (χ3v) is 8.44. The Hall–Kier alpha value is -1.44. The number of thiazole rings is 1. The van der Waals surface area contributed by atoms with Gasteiger partial charge in [0.15, 0.2) is 0 Å². The van der Waals surface area contributed by atoms with Crippen LogP contribution in [0.3, 0.4) is 0 Å². The smallest absolute Gasteiger partial charge is 0.263 e. The number of rotatable bonds is 4. The van der Waals surface area contributed by atoms with E-state index in [1.165, 1.54) is 41.9 Å². The van der Waals surface area contributed by atoms with Gasteiger partial charge in [-0.1, -0.05) is 30.9 Å². The maximum Gasteiger partial charge on any atom is 0.263 e. The van der Waals surface area contributed by atoms with Gasteiger partial charge in [0.25, 0.3) is 5.91 Å². The van der Waals surface area contributed by atoms with Crippen molar-refractivity contribution in [2.24, 2.45) is 5.92 Å². The van der Waals surface area contributed by atoms with Crippen molar-refractivity contribution < 1.29 is 9.59 Å². The van der Waals surface area contributed by atoms with Crippen LogP contribution in [0.4, 0.5) is 0 Å². The number of aromatic nitrogens is 1. The summed E-state index contributed by atoms with van der Waals surface area (Å²) in [7, 11) is 0. The molecule has 5 nitrogen and oxygen atoms in total. The number of likely N-dealkylation sites (tertiary alicyclic amines) is 1. The molecule has 3 heterocycles. The van der Waals surface area contributed by atoms with E-state index in [2.05, 4.69) is 10.3 Å². The average molecular weight is 452 g/mol. The Morgan fingerprint density at radius 1 is 1.10 bits per heavy atom. The zero-order valence-electron chi connectivity index (χ0n) is 16.6. The van der Waals surface area contributed by atoms with E-state index in [0.29, 0.717) is 15.1 Å². The summed E-state index contributed by atoms with van der Waals surface area (Å²) in [6.07, 6.45) is 7.32. The highest BCUT2D eigenvalue weighted by Crippen LogP contribution is 2.35. The molecule has 1 N–H and O–H groups in total. The average Bonchev–Trinajstić information content (AvgIpc) is 3.34. The number of piperidine rings is 1. The molecule has 0 unspecified atom stereocenters. The van der Waals surface area contributed by atoms with Crippen LogP contribution in [0.1, 0.15) is 60.3 Å². The van der Waals surface area contributed by atoms with Crippen molar-refractivity contribution in [2.75, 3.05) is 13.1 Å². The molecule has 4 rings (SSSR count). The van der Waals surface area contributed by atoms with E-state index in [0.717, 1.165) is 54.4 Å². The Morgan fingerprint density at radius 3 is 2.48 bits per heavy atom. The van der Waals surface area contributed by atoms with Gasteiger partial charge in [-0.05, 0) is 44.7 Å². The fourth-order valence-corrected chi connectivity index (χ4v) is 6.31. The molecule has 2 amide bonds. The van der Waals surface area contributed by atoms with Crippen molar-refractivity contribution in [1.82, 2.24) is 15.2 Å². The number of halogens is 1. The first-order valence-electron chi connectivity index (χ1n) is 10.3. The molecule has 2 fully saturated rings. The van der Waals surface area contributed by atoms with Gasteiger partial charge >= 0.3 is 0 Å². The summed E-state index contributed by atoms with van der Waals surface area (Å²) < 4.78 is 0.716. The van der Waals surface area contributed by atoms with Gasteiger partial charge in [-0.3, -0.25) is 9.59 Å². The molecule has 0 atom stereocenters. The number of carbonyl (C=O) groups is 2. The van der Waals surface area contributed by atoms with Crippen molar-refractivity contribution in [1.29, 1.82) is 0 Å². The molecule has 8 heteroatoms. The highest BCUT2D eigenvalue weighted by atomic mass is 35.5. The summed E-state index contributed by atoms with van der Waals surface area (Å²) in [5.74, 6) is 0.483. The van der Waals surface area contributed by atoms with E-state index in [-0.39, 0.29) is 17.9 Å². The molecule has 0 bridgehead atoms. The predicted molar refractivity (Wildman–Crippen MR) is 119 cm³/mol. The van der Waals surface area contributed by atoms with Crippen LogP contribution in [0.25, 0.3) is 9.88 Å². The number of aryl methyl sites for hydroxylation is 1. The molecule has 156 valence electrons. The number of thiophene rings is 1. The maximum atomic E-state index is 12.8. The molecule has 2 aromatic heterocycles. The van der Waals surface area contributed by atoms with E-state index in [1.54, 1.807) is 0 Å². The van der Waals surface area contributed by atoms with Gasteiger partial charge in [0.05, 0.1) is 14.9 Å². The third kappa shape index (κ3) is 4.84. The van der Waals surface area contributed by atoms with E-state index in [1.807, 2.05) is 24.0 Å². The topological polar surface area (TPSA) is 62.3 Å². The fourth-order valence-electron chi connectivity index (χ4n) is 4.24. The van der Waals surface area contributed by atoms with Crippen LogP contribution >= 0.6 is 34.3 Å². The van der Waals surface area contributed by atoms with Crippen LogP contribution in [0.2, 0.25) is 4.34 Å². The first-order valence-corrected chi connectivity index (χ1v) is 12.3. The van der Waals surface area contributed by atoms with Gasteiger partial charge in [-0.2, -0.15) is 0 Å². The standard InChI is InChI=1S/C21H26ClN3O2S2/c1-13-18(29-20(23-13)16-7-8-17(22)28-16)19(26)24-15-9-11-25(12-10-15)21(27)14-5-3-2-4-6-14/h7-8,14-15H,2-6,9-12H2,1H3,(H,24,26). The van der Waals surface area contributed by atoms with Crippen molar-refractivity contribution in [2.45, 2.75) is 57.9 Å². The van der Waals surface area contributed by atoms with E-state index >= 15 is 0 Å².